The van der Waals surface area contributed by atoms with Gasteiger partial charge in [0.25, 0.3) is 0 Å². The number of fused-ring (bicyclic) bond motifs is 1. The molecule has 1 saturated heterocycles. The smallest absolute Gasteiger partial charge is 0.152 e. The van der Waals surface area contributed by atoms with Crippen LogP contribution in [0.15, 0.2) is 17.3 Å². The Morgan fingerprint density at radius 2 is 2.17 bits per heavy atom. The first-order valence-electron chi connectivity index (χ1n) is 7.31. The van der Waals surface area contributed by atoms with E-state index >= 15 is 0 Å². The summed E-state index contributed by atoms with van der Waals surface area (Å²) in [7, 11) is 3.66. The number of aryl methyl sites for hydroxylation is 1. The molecule has 3 rings (SSSR count). The summed E-state index contributed by atoms with van der Waals surface area (Å²) in [6, 6.07) is 3.42. The zero-order valence-corrected chi connectivity index (χ0v) is 14.3. The third kappa shape index (κ3) is 3.42. The van der Waals surface area contributed by atoms with Crippen molar-refractivity contribution in [3.05, 3.63) is 22.9 Å². The Kier molecular flexibility index (Phi) is 5.84. The number of imidazole rings is 1. The molecule has 23 heavy (non-hydrogen) atoms. The van der Waals surface area contributed by atoms with E-state index in [1.807, 2.05) is 11.6 Å². The van der Waals surface area contributed by atoms with Crippen LogP contribution < -0.4 is 4.74 Å². The van der Waals surface area contributed by atoms with Crippen molar-refractivity contribution in [2.75, 3.05) is 25.7 Å². The minimum absolute atomic E-state index is 0.204. The first kappa shape index (κ1) is 17.6. The maximum Gasteiger partial charge on any atom is 0.152 e. The number of nitrogens with zero attached hydrogens (tertiary/aromatic N) is 3. The Balaban J connectivity index is 0.000000924. The zero-order valence-electron chi connectivity index (χ0n) is 13.5. The van der Waals surface area contributed by atoms with E-state index in [-0.39, 0.29) is 11.6 Å². The van der Waals surface area contributed by atoms with Crippen LogP contribution in [0.3, 0.4) is 0 Å². The predicted octanol–water partition coefficient (Wildman–Crippen LogP) is 2.21. The zero-order chi connectivity index (χ0) is 17.0. The fraction of sp³-hybridized carbons (Fsp3) is 0.533. The van der Waals surface area contributed by atoms with Crippen LogP contribution in [0, 0.1) is 4.91 Å². The molecule has 2 unspecified atom stereocenters. The molecule has 8 heteroatoms. The molecule has 2 heterocycles. The molecule has 1 aliphatic rings. The SMILES string of the molecule is CO.COc1cc2nc(C3CCCS(=O)C3)n(C)c2cc1N=O. The first-order valence-corrected chi connectivity index (χ1v) is 8.80. The van der Waals surface area contributed by atoms with Crippen LogP contribution in [0.1, 0.15) is 24.6 Å². The van der Waals surface area contributed by atoms with Crippen molar-refractivity contribution in [1.82, 2.24) is 9.55 Å². The summed E-state index contributed by atoms with van der Waals surface area (Å²) >= 11 is 0. The molecule has 0 radical (unpaired) electrons. The highest BCUT2D eigenvalue weighted by Crippen LogP contribution is 2.35. The number of nitroso groups, excluding NO2 is 1. The number of aliphatic hydroxyl groups is 1. The van der Waals surface area contributed by atoms with Gasteiger partial charge in [0.15, 0.2) is 5.69 Å². The molecule has 126 valence electrons. The Labute approximate surface area is 137 Å². The molecule has 0 aliphatic carbocycles. The standard InChI is InChI=1S/C14H17N3O3S.CH4O/c1-17-12-6-11(16-18)13(20-2)7-10(12)15-14(17)9-4-3-5-21(19)8-9;1-2/h6-7,9H,3-5,8H2,1-2H3;2H,1H3. The van der Waals surface area contributed by atoms with E-state index in [0.29, 0.717) is 11.5 Å². The Morgan fingerprint density at radius 1 is 1.43 bits per heavy atom. The highest BCUT2D eigenvalue weighted by molar-refractivity contribution is 7.85. The van der Waals surface area contributed by atoms with Crippen LogP contribution in [0.5, 0.6) is 5.75 Å². The van der Waals surface area contributed by atoms with Gasteiger partial charge >= 0.3 is 0 Å². The van der Waals surface area contributed by atoms with Gasteiger partial charge < -0.3 is 14.4 Å². The second-order valence-electron chi connectivity index (χ2n) is 5.28. The van der Waals surface area contributed by atoms with Crippen LogP contribution in [0.2, 0.25) is 0 Å². The van der Waals surface area contributed by atoms with Crippen molar-refractivity contribution in [3.63, 3.8) is 0 Å². The molecular weight excluding hydrogens is 318 g/mol. The molecule has 1 aliphatic heterocycles. The summed E-state index contributed by atoms with van der Waals surface area (Å²) in [5.74, 6) is 2.99. The van der Waals surface area contributed by atoms with Crippen molar-refractivity contribution in [2.45, 2.75) is 18.8 Å². The van der Waals surface area contributed by atoms with Crippen molar-refractivity contribution in [3.8, 4) is 5.75 Å². The quantitative estimate of drug-likeness (QED) is 0.865. The van der Waals surface area contributed by atoms with Crippen molar-refractivity contribution >= 4 is 27.5 Å². The highest BCUT2D eigenvalue weighted by atomic mass is 32.2. The average Bonchev–Trinajstić information content (AvgIpc) is 2.91. The predicted molar refractivity (Wildman–Crippen MR) is 90.7 cm³/mol. The molecule has 2 atom stereocenters. The lowest BCUT2D eigenvalue weighted by atomic mass is 10.1. The summed E-state index contributed by atoms with van der Waals surface area (Å²) in [5, 5.41) is 10.0. The number of methoxy groups -OCH3 is 1. The molecule has 2 aromatic rings. The van der Waals surface area contributed by atoms with Crippen LogP contribution in [0.4, 0.5) is 5.69 Å². The maximum absolute atomic E-state index is 11.8. The molecule has 0 amide bonds. The Morgan fingerprint density at radius 3 is 2.78 bits per heavy atom. The molecule has 7 nitrogen and oxygen atoms in total. The lowest BCUT2D eigenvalue weighted by molar-refractivity contribution is 0.399. The second-order valence-corrected chi connectivity index (χ2v) is 6.90. The second kappa shape index (κ2) is 7.65. The number of ether oxygens (including phenoxy) is 1. The number of hydrogen-bond donors (Lipinski definition) is 1. The molecule has 0 bridgehead atoms. The van der Waals surface area contributed by atoms with Gasteiger partial charge in [0.1, 0.15) is 11.6 Å². The Bertz CT molecular complexity index is 729. The number of aromatic nitrogens is 2. The van der Waals surface area contributed by atoms with E-state index in [2.05, 4.69) is 10.2 Å². The van der Waals surface area contributed by atoms with Gasteiger partial charge in [0.05, 0.1) is 18.1 Å². The number of rotatable bonds is 3. The summed E-state index contributed by atoms with van der Waals surface area (Å²) in [4.78, 5) is 15.6. The van der Waals surface area contributed by atoms with E-state index in [1.54, 1.807) is 12.1 Å². The van der Waals surface area contributed by atoms with Gasteiger partial charge in [-0.05, 0) is 24.1 Å². The van der Waals surface area contributed by atoms with Gasteiger partial charge in [-0.2, -0.15) is 0 Å². The van der Waals surface area contributed by atoms with Gasteiger partial charge in [0.2, 0.25) is 0 Å². The fourth-order valence-corrected chi connectivity index (χ4v) is 4.33. The van der Waals surface area contributed by atoms with E-state index < -0.39 is 10.8 Å². The lowest BCUT2D eigenvalue weighted by Gasteiger charge is -2.20. The lowest BCUT2D eigenvalue weighted by Crippen LogP contribution is -2.21. The fourth-order valence-electron chi connectivity index (χ4n) is 2.91. The highest BCUT2D eigenvalue weighted by Gasteiger charge is 2.25. The van der Waals surface area contributed by atoms with Gasteiger partial charge in [-0.1, -0.05) is 0 Å². The summed E-state index contributed by atoms with van der Waals surface area (Å²) in [5.41, 5.74) is 1.89. The van der Waals surface area contributed by atoms with Crippen LogP contribution >= 0.6 is 0 Å². The van der Waals surface area contributed by atoms with Crippen molar-refractivity contribution < 1.29 is 14.1 Å². The molecule has 0 spiro atoms. The van der Waals surface area contributed by atoms with E-state index in [1.165, 1.54) is 7.11 Å². The third-order valence-electron chi connectivity index (χ3n) is 3.99. The van der Waals surface area contributed by atoms with Gasteiger partial charge in [0, 0.05) is 48.4 Å². The molecule has 1 aromatic heterocycles. The molecular formula is C15H21N3O4S. The van der Waals surface area contributed by atoms with E-state index in [4.69, 9.17) is 9.84 Å². The summed E-state index contributed by atoms with van der Waals surface area (Å²) in [6.45, 7) is 0. The van der Waals surface area contributed by atoms with Crippen molar-refractivity contribution in [2.24, 2.45) is 12.2 Å². The first-order chi connectivity index (χ1) is 11.1. The topological polar surface area (TPSA) is 93.8 Å². The van der Waals surface area contributed by atoms with Gasteiger partial charge in [-0.15, -0.1) is 4.91 Å². The third-order valence-corrected chi connectivity index (χ3v) is 5.51. The Hall–Kier alpha value is -1.80. The number of aliphatic hydroxyl groups excluding tert-OH is 1. The van der Waals surface area contributed by atoms with E-state index in [9.17, 15) is 9.12 Å². The van der Waals surface area contributed by atoms with Crippen LogP contribution in [0.25, 0.3) is 11.0 Å². The van der Waals surface area contributed by atoms with Gasteiger partial charge in [-0.25, -0.2) is 4.98 Å². The number of hydrogen-bond acceptors (Lipinski definition) is 6. The molecule has 0 saturated carbocycles. The monoisotopic (exact) mass is 339 g/mol. The molecule has 1 aromatic carbocycles. The molecule has 1 N–H and O–H groups in total. The van der Waals surface area contributed by atoms with Crippen LogP contribution in [-0.2, 0) is 17.8 Å². The summed E-state index contributed by atoms with van der Waals surface area (Å²) in [6.07, 6.45) is 1.96. The minimum atomic E-state index is -0.759. The largest absolute Gasteiger partial charge is 0.494 e. The van der Waals surface area contributed by atoms with Crippen molar-refractivity contribution in [1.29, 1.82) is 0 Å². The summed E-state index contributed by atoms with van der Waals surface area (Å²) < 4.78 is 18.9. The van der Waals surface area contributed by atoms with Gasteiger partial charge in [-0.3, -0.25) is 4.21 Å². The normalized spacial score (nSPS) is 20.7. The number of benzene rings is 1. The van der Waals surface area contributed by atoms with Crippen LogP contribution in [-0.4, -0.2) is 44.6 Å². The molecule has 1 fully saturated rings. The van der Waals surface area contributed by atoms with E-state index in [0.717, 1.165) is 42.6 Å². The maximum atomic E-state index is 11.8. The minimum Gasteiger partial charge on any atom is -0.494 e. The average molecular weight is 339 g/mol.